The summed E-state index contributed by atoms with van der Waals surface area (Å²) in [6.45, 7) is 2.49. The van der Waals surface area contributed by atoms with E-state index in [0.29, 0.717) is 42.8 Å². The molecule has 3 N–H and O–H groups in total. The van der Waals surface area contributed by atoms with Crippen molar-refractivity contribution in [2.24, 2.45) is 10.8 Å². The Morgan fingerprint density at radius 2 is 2.10 bits per heavy atom. The lowest BCUT2D eigenvalue weighted by molar-refractivity contribution is -0.548. The monoisotopic (exact) mass is 292 g/mol. The number of nitrogens with two attached hydrogens (primary N) is 1. The molecule has 20 heavy (non-hydrogen) atoms. The minimum Gasteiger partial charge on any atom is -0.373 e. The highest BCUT2D eigenvalue weighted by Gasteiger charge is 2.18. The Bertz CT molecular complexity index is 583. The Morgan fingerprint density at radius 1 is 1.40 bits per heavy atom. The highest BCUT2D eigenvalue weighted by Crippen LogP contribution is 2.20. The summed E-state index contributed by atoms with van der Waals surface area (Å²) in [5, 5.41) is 13.7. The van der Waals surface area contributed by atoms with Crippen LogP contribution in [0.1, 0.15) is 0 Å². The Hall–Kier alpha value is -2.10. The zero-order valence-corrected chi connectivity index (χ0v) is 11.6. The van der Waals surface area contributed by atoms with Gasteiger partial charge in [0.1, 0.15) is 19.2 Å². The number of nitrogens with one attached hydrogen (secondary N) is 1. The molecule has 0 aliphatic carbocycles. The van der Waals surface area contributed by atoms with Crippen molar-refractivity contribution < 1.29 is 9.31 Å². The van der Waals surface area contributed by atoms with Gasteiger partial charge < -0.3 is 4.74 Å². The van der Waals surface area contributed by atoms with Crippen LogP contribution in [0.4, 0.5) is 5.69 Å². The fraction of sp³-hybridized carbons (Fsp3) is 0.308. The van der Waals surface area contributed by atoms with Gasteiger partial charge in [0.2, 0.25) is 5.71 Å². The number of hydrogen-bond acceptors (Lipinski definition) is 4. The smallest absolute Gasteiger partial charge is 0.307 e. The summed E-state index contributed by atoms with van der Waals surface area (Å²) in [4.78, 5) is 0. The third kappa shape index (κ3) is 3.47. The maximum Gasteiger partial charge on any atom is 0.307 e. The van der Waals surface area contributed by atoms with E-state index in [2.05, 4.69) is 10.5 Å². The number of nitriles is 1. The van der Waals surface area contributed by atoms with Crippen LogP contribution in [0.5, 0.6) is 0 Å². The van der Waals surface area contributed by atoms with E-state index in [1.807, 2.05) is 22.8 Å². The maximum absolute atomic E-state index is 9.16. The molecule has 0 aromatic heterocycles. The van der Waals surface area contributed by atoms with Gasteiger partial charge in [0.15, 0.2) is 0 Å². The molecule has 0 atom stereocenters. The van der Waals surface area contributed by atoms with Crippen LogP contribution < -0.4 is 11.2 Å². The van der Waals surface area contributed by atoms with E-state index < -0.39 is 0 Å². The number of benzene rings is 1. The lowest BCUT2D eigenvalue weighted by atomic mass is 10.3. The van der Waals surface area contributed by atoms with Gasteiger partial charge in [-0.05, 0) is 12.1 Å². The van der Waals surface area contributed by atoms with Gasteiger partial charge in [-0.1, -0.05) is 23.7 Å². The summed E-state index contributed by atoms with van der Waals surface area (Å²) in [6, 6.07) is 9.14. The standard InChI is InChI=1S/C13H14ClN5O/c14-10-3-1-2-4-11(10)17-18-12(9-15)13(16)19-5-7-20-8-6-19/h1-4H,5-8H2,(H2,16,17)/p+1. The first-order valence-corrected chi connectivity index (χ1v) is 6.54. The summed E-state index contributed by atoms with van der Waals surface area (Å²) in [7, 11) is 0. The van der Waals surface area contributed by atoms with Crippen molar-refractivity contribution in [1.29, 1.82) is 5.26 Å². The van der Waals surface area contributed by atoms with Crippen LogP contribution in [0.2, 0.25) is 5.02 Å². The molecule has 0 radical (unpaired) electrons. The average Bonchev–Trinajstić information content (AvgIpc) is 2.50. The SMILES string of the molecule is N#C/C(=N/Nc1ccccc1Cl)C(N)=[N+]1CCOCC1. The molecule has 7 heteroatoms. The molecule has 1 aliphatic rings. The van der Waals surface area contributed by atoms with Crippen LogP contribution >= 0.6 is 11.6 Å². The Kier molecular flexibility index (Phi) is 4.93. The molecule has 0 amide bonds. The molecular weight excluding hydrogens is 278 g/mol. The molecule has 6 nitrogen and oxygen atoms in total. The Morgan fingerprint density at radius 3 is 2.75 bits per heavy atom. The summed E-state index contributed by atoms with van der Waals surface area (Å²) in [5.41, 5.74) is 9.48. The lowest BCUT2D eigenvalue weighted by Gasteiger charge is -2.14. The average molecular weight is 293 g/mol. The minimum absolute atomic E-state index is 0.131. The van der Waals surface area contributed by atoms with Crippen LogP contribution in [-0.4, -0.2) is 42.4 Å². The fourth-order valence-corrected chi connectivity index (χ4v) is 1.94. The molecule has 1 saturated heterocycles. The van der Waals surface area contributed by atoms with Crippen molar-refractivity contribution in [3.05, 3.63) is 29.3 Å². The zero-order valence-electron chi connectivity index (χ0n) is 10.8. The number of nitrogens with zero attached hydrogens (tertiary/aromatic N) is 3. The topological polar surface area (TPSA) is 86.4 Å². The van der Waals surface area contributed by atoms with E-state index in [4.69, 9.17) is 27.3 Å². The van der Waals surface area contributed by atoms with Crippen molar-refractivity contribution >= 4 is 28.8 Å². The molecule has 1 aliphatic heterocycles. The van der Waals surface area contributed by atoms with Crippen molar-refractivity contribution in [3.8, 4) is 6.07 Å². The minimum atomic E-state index is 0.131. The predicted molar refractivity (Wildman–Crippen MR) is 78.1 cm³/mol. The highest BCUT2D eigenvalue weighted by molar-refractivity contribution is 6.45. The van der Waals surface area contributed by atoms with Gasteiger partial charge in [-0.3, -0.25) is 15.7 Å². The van der Waals surface area contributed by atoms with Gasteiger partial charge in [0, 0.05) is 0 Å². The van der Waals surface area contributed by atoms with Crippen LogP contribution in [0, 0.1) is 11.3 Å². The van der Waals surface area contributed by atoms with Gasteiger partial charge in [-0.15, -0.1) is 0 Å². The Labute approximate surface area is 122 Å². The molecule has 104 valence electrons. The van der Waals surface area contributed by atoms with Crippen molar-refractivity contribution in [3.63, 3.8) is 0 Å². The molecular formula is C13H15ClN5O+. The predicted octanol–water partition coefficient (Wildman–Crippen LogP) is 1.03. The maximum atomic E-state index is 9.16. The number of hydrazone groups is 1. The second-order valence-electron chi connectivity index (χ2n) is 4.15. The molecule has 1 aromatic rings. The first kappa shape index (κ1) is 14.3. The van der Waals surface area contributed by atoms with E-state index in [1.165, 1.54) is 0 Å². The summed E-state index contributed by atoms with van der Waals surface area (Å²) < 4.78 is 7.12. The van der Waals surface area contributed by atoms with E-state index in [1.54, 1.807) is 12.1 Å². The zero-order chi connectivity index (χ0) is 14.4. The molecule has 0 spiro atoms. The van der Waals surface area contributed by atoms with E-state index >= 15 is 0 Å². The molecule has 1 aromatic carbocycles. The Balaban J connectivity index is 2.18. The molecule has 2 rings (SSSR count). The van der Waals surface area contributed by atoms with E-state index in [-0.39, 0.29) is 5.71 Å². The van der Waals surface area contributed by atoms with Gasteiger partial charge in [0.25, 0.3) is 0 Å². The number of para-hydroxylation sites is 1. The first-order chi connectivity index (χ1) is 9.72. The second kappa shape index (κ2) is 6.89. The first-order valence-electron chi connectivity index (χ1n) is 6.16. The molecule has 1 heterocycles. The number of ether oxygens (including phenoxy) is 1. The molecule has 0 unspecified atom stereocenters. The number of morpholine rings is 1. The van der Waals surface area contributed by atoms with Crippen molar-refractivity contribution in [2.75, 3.05) is 31.7 Å². The number of anilines is 1. The number of halogens is 1. The largest absolute Gasteiger partial charge is 0.373 e. The quantitative estimate of drug-likeness (QED) is 0.377. The lowest BCUT2D eigenvalue weighted by Crippen LogP contribution is -2.41. The van der Waals surface area contributed by atoms with E-state index in [0.717, 1.165) is 0 Å². The normalized spacial score (nSPS) is 15.6. The van der Waals surface area contributed by atoms with Crippen molar-refractivity contribution in [2.45, 2.75) is 0 Å². The van der Waals surface area contributed by atoms with Gasteiger partial charge in [-0.25, -0.2) is 0 Å². The number of amidine groups is 1. The highest BCUT2D eigenvalue weighted by atomic mass is 35.5. The summed E-state index contributed by atoms with van der Waals surface area (Å²) >= 11 is 6.00. The summed E-state index contributed by atoms with van der Waals surface area (Å²) in [6.07, 6.45) is 0. The van der Waals surface area contributed by atoms with Gasteiger partial charge in [-0.2, -0.15) is 10.4 Å². The fourth-order valence-electron chi connectivity index (χ4n) is 1.76. The molecule has 0 saturated carbocycles. The number of rotatable bonds is 3. The van der Waals surface area contributed by atoms with Crippen LogP contribution in [0.3, 0.4) is 0 Å². The molecule has 0 bridgehead atoms. The van der Waals surface area contributed by atoms with E-state index in [9.17, 15) is 0 Å². The molecule has 1 fully saturated rings. The van der Waals surface area contributed by atoms with Gasteiger partial charge >= 0.3 is 5.84 Å². The third-order valence-corrected chi connectivity index (χ3v) is 3.19. The van der Waals surface area contributed by atoms with Crippen LogP contribution in [-0.2, 0) is 4.74 Å². The second-order valence-corrected chi connectivity index (χ2v) is 4.56. The van der Waals surface area contributed by atoms with Crippen LogP contribution in [0.25, 0.3) is 0 Å². The summed E-state index contributed by atoms with van der Waals surface area (Å²) in [5.74, 6) is 0.343. The third-order valence-electron chi connectivity index (χ3n) is 2.86. The van der Waals surface area contributed by atoms with Crippen molar-refractivity contribution in [1.82, 2.24) is 0 Å². The number of hydrogen-bond donors (Lipinski definition) is 2. The van der Waals surface area contributed by atoms with Gasteiger partial charge in [0.05, 0.1) is 23.9 Å². The van der Waals surface area contributed by atoms with Crippen LogP contribution in [0.15, 0.2) is 29.4 Å².